The van der Waals surface area contributed by atoms with Crippen molar-refractivity contribution in [1.29, 1.82) is 0 Å². The lowest BCUT2D eigenvalue weighted by molar-refractivity contribution is -0.112. The number of nitrogens with one attached hydrogen (secondary N) is 1. The lowest BCUT2D eigenvalue weighted by Gasteiger charge is -2.19. The van der Waals surface area contributed by atoms with Crippen molar-refractivity contribution < 1.29 is 14.3 Å². The Morgan fingerprint density at radius 2 is 1.93 bits per heavy atom. The van der Waals surface area contributed by atoms with Gasteiger partial charge < -0.3 is 10.1 Å². The summed E-state index contributed by atoms with van der Waals surface area (Å²) in [6.45, 7) is 7.38. The molecule has 1 N–H and O–H groups in total. The van der Waals surface area contributed by atoms with Gasteiger partial charge in [-0.1, -0.05) is 6.08 Å². The zero-order valence-corrected chi connectivity index (χ0v) is 9.79. The standard InChI is InChI=1S/C11H19NO3/c1-9(13)7-5-6-8-12-10(14)15-11(2,3)4/h5,7H,6,8H2,1-4H3,(H,12,14)/b7-5+. The first kappa shape index (κ1) is 13.7. The van der Waals surface area contributed by atoms with Crippen molar-refractivity contribution in [1.82, 2.24) is 5.32 Å². The van der Waals surface area contributed by atoms with E-state index in [4.69, 9.17) is 4.74 Å². The van der Waals surface area contributed by atoms with Crippen molar-refractivity contribution in [2.75, 3.05) is 6.54 Å². The van der Waals surface area contributed by atoms with Gasteiger partial charge in [-0.3, -0.25) is 4.79 Å². The van der Waals surface area contributed by atoms with Gasteiger partial charge in [-0.25, -0.2) is 4.79 Å². The number of hydrogen-bond acceptors (Lipinski definition) is 3. The summed E-state index contributed by atoms with van der Waals surface area (Å²) in [6.07, 6.45) is 3.40. The fraction of sp³-hybridized carbons (Fsp3) is 0.636. The minimum absolute atomic E-state index is 0.00673. The molecule has 0 rings (SSSR count). The maximum atomic E-state index is 11.1. The van der Waals surface area contributed by atoms with E-state index in [0.29, 0.717) is 13.0 Å². The van der Waals surface area contributed by atoms with Gasteiger partial charge in [-0.05, 0) is 40.2 Å². The number of amides is 1. The number of carbonyl (C=O) groups excluding carboxylic acids is 2. The van der Waals surface area contributed by atoms with Crippen molar-refractivity contribution in [3.05, 3.63) is 12.2 Å². The van der Waals surface area contributed by atoms with Gasteiger partial charge in [0, 0.05) is 6.54 Å². The molecule has 0 heterocycles. The van der Waals surface area contributed by atoms with Crippen molar-refractivity contribution in [2.24, 2.45) is 0 Å². The molecule has 4 heteroatoms. The summed E-state index contributed by atoms with van der Waals surface area (Å²) in [5.74, 6) is 0.00673. The first-order valence-electron chi connectivity index (χ1n) is 4.95. The fourth-order valence-electron chi connectivity index (χ4n) is 0.821. The highest BCUT2D eigenvalue weighted by Gasteiger charge is 2.14. The van der Waals surface area contributed by atoms with E-state index in [1.165, 1.54) is 13.0 Å². The zero-order chi connectivity index (χ0) is 11.9. The van der Waals surface area contributed by atoms with Crippen LogP contribution in [-0.2, 0) is 9.53 Å². The third-order valence-corrected chi connectivity index (χ3v) is 1.33. The molecule has 0 aliphatic rings. The SMILES string of the molecule is CC(=O)/C=C/CCNC(=O)OC(C)(C)C. The van der Waals surface area contributed by atoms with E-state index in [9.17, 15) is 9.59 Å². The topological polar surface area (TPSA) is 55.4 Å². The second kappa shape index (κ2) is 6.22. The first-order valence-corrected chi connectivity index (χ1v) is 4.95. The molecule has 0 aromatic carbocycles. The monoisotopic (exact) mass is 213 g/mol. The van der Waals surface area contributed by atoms with Crippen LogP contribution in [-0.4, -0.2) is 24.0 Å². The molecular formula is C11H19NO3. The van der Waals surface area contributed by atoms with E-state index in [1.54, 1.807) is 6.08 Å². The summed E-state index contributed by atoms with van der Waals surface area (Å²) in [5, 5.41) is 2.59. The average molecular weight is 213 g/mol. The molecule has 86 valence electrons. The van der Waals surface area contributed by atoms with Crippen molar-refractivity contribution in [3.8, 4) is 0 Å². The van der Waals surface area contributed by atoms with Gasteiger partial charge in [-0.15, -0.1) is 0 Å². The largest absolute Gasteiger partial charge is 0.444 e. The van der Waals surface area contributed by atoms with Gasteiger partial charge in [-0.2, -0.15) is 0 Å². The molecular weight excluding hydrogens is 194 g/mol. The minimum Gasteiger partial charge on any atom is -0.444 e. The molecule has 0 aliphatic heterocycles. The Labute approximate surface area is 90.7 Å². The van der Waals surface area contributed by atoms with E-state index in [0.717, 1.165) is 0 Å². The molecule has 0 saturated carbocycles. The second-order valence-corrected chi connectivity index (χ2v) is 4.23. The smallest absolute Gasteiger partial charge is 0.407 e. The van der Waals surface area contributed by atoms with Crippen LogP contribution in [0.25, 0.3) is 0 Å². The average Bonchev–Trinajstić information content (AvgIpc) is 1.99. The van der Waals surface area contributed by atoms with Crippen molar-refractivity contribution >= 4 is 11.9 Å². The van der Waals surface area contributed by atoms with Crippen LogP contribution in [0.2, 0.25) is 0 Å². The highest BCUT2D eigenvalue weighted by molar-refractivity contribution is 5.87. The molecule has 0 aliphatic carbocycles. The summed E-state index contributed by atoms with van der Waals surface area (Å²) in [7, 11) is 0. The first-order chi connectivity index (χ1) is 6.81. The van der Waals surface area contributed by atoms with Crippen LogP contribution < -0.4 is 5.32 Å². The molecule has 0 aromatic heterocycles. The number of allylic oxidation sites excluding steroid dienone is 1. The summed E-state index contributed by atoms with van der Waals surface area (Å²) >= 11 is 0. The number of hydrogen-bond donors (Lipinski definition) is 1. The van der Waals surface area contributed by atoms with Gasteiger partial charge in [0.05, 0.1) is 0 Å². The Bertz CT molecular complexity index is 251. The lowest BCUT2D eigenvalue weighted by atomic mass is 10.2. The number of rotatable bonds is 4. The van der Waals surface area contributed by atoms with E-state index >= 15 is 0 Å². The van der Waals surface area contributed by atoms with E-state index in [2.05, 4.69) is 5.32 Å². The summed E-state index contributed by atoms with van der Waals surface area (Å²) in [6, 6.07) is 0. The van der Waals surface area contributed by atoms with Crippen LogP contribution in [0.15, 0.2) is 12.2 Å². The summed E-state index contributed by atoms with van der Waals surface area (Å²) in [4.78, 5) is 21.7. The molecule has 0 bridgehead atoms. The van der Waals surface area contributed by atoms with Crippen LogP contribution in [0, 0.1) is 0 Å². The molecule has 0 aromatic rings. The van der Waals surface area contributed by atoms with Gasteiger partial charge in [0.2, 0.25) is 0 Å². The zero-order valence-electron chi connectivity index (χ0n) is 9.79. The van der Waals surface area contributed by atoms with Crippen LogP contribution >= 0.6 is 0 Å². The van der Waals surface area contributed by atoms with Gasteiger partial charge in [0.1, 0.15) is 5.60 Å². The number of carbonyl (C=O) groups is 2. The Balaban J connectivity index is 3.61. The third kappa shape index (κ3) is 10.6. The van der Waals surface area contributed by atoms with Gasteiger partial charge >= 0.3 is 6.09 Å². The molecule has 0 saturated heterocycles. The van der Waals surface area contributed by atoms with Crippen LogP contribution in [0.5, 0.6) is 0 Å². The maximum Gasteiger partial charge on any atom is 0.407 e. The van der Waals surface area contributed by atoms with Gasteiger partial charge in [0.25, 0.3) is 0 Å². The van der Waals surface area contributed by atoms with Crippen LogP contribution in [0.1, 0.15) is 34.1 Å². The highest BCUT2D eigenvalue weighted by atomic mass is 16.6. The predicted molar refractivity (Wildman–Crippen MR) is 58.7 cm³/mol. The van der Waals surface area contributed by atoms with Crippen molar-refractivity contribution in [3.63, 3.8) is 0 Å². The quantitative estimate of drug-likeness (QED) is 0.574. The predicted octanol–water partition coefficient (Wildman–Crippen LogP) is 2.05. The normalized spacial score (nSPS) is 11.5. The van der Waals surface area contributed by atoms with Crippen LogP contribution in [0.3, 0.4) is 0 Å². The van der Waals surface area contributed by atoms with Crippen LogP contribution in [0.4, 0.5) is 4.79 Å². The molecule has 0 fully saturated rings. The van der Waals surface area contributed by atoms with Gasteiger partial charge in [0.15, 0.2) is 5.78 Å². The van der Waals surface area contributed by atoms with E-state index in [1.807, 2.05) is 20.8 Å². The molecule has 1 amide bonds. The Morgan fingerprint density at radius 1 is 1.33 bits per heavy atom. The summed E-state index contributed by atoms with van der Waals surface area (Å²) in [5.41, 5.74) is -0.473. The fourth-order valence-corrected chi connectivity index (χ4v) is 0.821. The molecule has 0 spiro atoms. The molecule has 15 heavy (non-hydrogen) atoms. The number of ether oxygens (including phenoxy) is 1. The Morgan fingerprint density at radius 3 is 2.40 bits per heavy atom. The molecule has 4 nitrogen and oxygen atoms in total. The number of ketones is 1. The lowest BCUT2D eigenvalue weighted by Crippen LogP contribution is -2.32. The van der Waals surface area contributed by atoms with E-state index < -0.39 is 11.7 Å². The molecule has 0 unspecified atom stereocenters. The second-order valence-electron chi connectivity index (χ2n) is 4.23. The summed E-state index contributed by atoms with van der Waals surface area (Å²) < 4.78 is 5.02. The maximum absolute atomic E-state index is 11.1. The van der Waals surface area contributed by atoms with Crippen molar-refractivity contribution in [2.45, 2.75) is 39.7 Å². The minimum atomic E-state index is -0.473. The highest BCUT2D eigenvalue weighted by Crippen LogP contribution is 2.06. The Kier molecular flexibility index (Phi) is 5.67. The molecule has 0 radical (unpaired) electrons. The molecule has 0 atom stereocenters. The number of alkyl carbamates (subject to hydrolysis) is 1. The third-order valence-electron chi connectivity index (χ3n) is 1.33. The Hall–Kier alpha value is -1.32. The van der Waals surface area contributed by atoms with E-state index in [-0.39, 0.29) is 5.78 Å².